The highest BCUT2D eigenvalue weighted by Crippen LogP contribution is 2.50. The number of ether oxygens (including phenoxy) is 2. The SMILES string of the molecule is O=C(NC1C(=O)N2C(C(=O)OCc3ccccc3[N+](=O)[O-])=C(c3ccccc3)S[C@@H]12)OCc1ccccc1[N+](=O)[O-]. The van der Waals surface area contributed by atoms with Crippen molar-refractivity contribution >= 4 is 46.0 Å². The van der Waals surface area contributed by atoms with E-state index in [0.717, 1.165) is 0 Å². The average Bonchev–Trinajstić information content (AvgIpc) is 3.34. The Hall–Kier alpha value is -5.24. The molecule has 3 aromatic carbocycles. The molecule has 1 N–H and O–H groups in total. The van der Waals surface area contributed by atoms with Crippen LogP contribution in [0.25, 0.3) is 4.91 Å². The normalized spacial score (nSPS) is 17.4. The maximum atomic E-state index is 13.3. The zero-order chi connectivity index (χ0) is 29.1. The topological polar surface area (TPSA) is 171 Å². The fraction of sp³-hybridized carbons (Fsp3) is 0.148. The van der Waals surface area contributed by atoms with Gasteiger partial charge in [-0.2, -0.15) is 0 Å². The van der Waals surface area contributed by atoms with Gasteiger partial charge >= 0.3 is 12.1 Å². The zero-order valence-electron chi connectivity index (χ0n) is 21.0. The number of fused-ring (bicyclic) bond motifs is 1. The van der Waals surface area contributed by atoms with Crippen molar-refractivity contribution in [3.05, 3.63) is 121 Å². The first-order valence-electron chi connectivity index (χ1n) is 12.1. The molecule has 0 saturated carbocycles. The smallest absolute Gasteiger partial charge is 0.408 e. The van der Waals surface area contributed by atoms with Crippen LogP contribution >= 0.6 is 11.8 Å². The van der Waals surface area contributed by atoms with Gasteiger partial charge in [0.15, 0.2) is 0 Å². The molecule has 0 bridgehead atoms. The van der Waals surface area contributed by atoms with Crippen molar-refractivity contribution < 1.29 is 33.7 Å². The number of nitro benzene ring substituents is 2. The number of rotatable bonds is 9. The van der Waals surface area contributed by atoms with Crippen LogP contribution in [0.5, 0.6) is 0 Å². The lowest BCUT2D eigenvalue weighted by Crippen LogP contribution is -2.67. The van der Waals surface area contributed by atoms with Gasteiger partial charge in [-0.15, -0.1) is 0 Å². The van der Waals surface area contributed by atoms with Crippen LogP contribution in [0.15, 0.2) is 84.6 Å². The maximum absolute atomic E-state index is 13.3. The Morgan fingerprint density at radius 3 is 1.95 bits per heavy atom. The second-order valence-electron chi connectivity index (χ2n) is 8.81. The van der Waals surface area contributed by atoms with Crippen LogP contribution in [-0.4, -0.2) is 44.1 Å². The lowest BCUT2D eigenvalue weighted by atomic mass is 10.0. The number of para-hydroxylation sites is 2. The summed E-state index contributed by atoms with van der Waals surface area (Å²) >= 11 is 1.17. The van der Waals surface area contributed by atoms with Gasteiger partial charge in [-0.25, -0.2) is 9.59 Å². The number of β-lactam (4-membered cyclic amide) rings is 1. The van der Waals surface area contributed by atoms with E-state index in [9.17, 15) is 34.6 Å². The number of nitrogens with one attached hydrogen (secondary N) is 1. The minimum Gasteiger partial charge on any atom is -0.456 e. The maximum Gasteiger partial charge on any atom is 0.408 e. The van der Waals surface area contributed by atoms with Crippen molar-refractivity contribution in [2.24, 2.45) is 0 Å². The van der Waals surface area contributed by atoms with E-state index < -0.39 is 45.8 Å². The highest BCUT2D eigenvalue weighted by molar-refractivity contribution is 8.09. The number of carbonyl (C=O) groups is 3. The van der Waals surface area contributed by atoms with Gasteiger partial charge in [0.05, 0.1) is 21.0 Å². The molecule has 13 nitrogen and oxygen atoms in total. The molecule has 3 aromatic rings. The predicted molar refractivity (Wildman–Crippen MR) is 145 cm³/mol. The summed E-state index contributed by atoms with van der Waals surface area (Å²) in [6, 6.07) is 19.4. The van der Waals surface area contributed by atoms with Gasteiger partial charge in [0.2, 0.25) is 0 Å². The van der Waals surface area contributed by atoms with E-state index >= 15 is 0 Å². The quantitative estimate of drug-likeness (QED) is 0.169. The third-order valence-electron chi connectivity index (χ3n) is 6.33. The predicted octanol–water partition coefficient (Wildman–Crippen LogP) is 4.13. The van der Waals surface area contributed by atoms with Crippen LogP contribution in [0.1, 0.15) is 16.7 Å². The molecule has 41 heavy (non-hydrogen) atoms. The number of alkyl carbamates (subject to hydrolysis) is 1. The van der Waals surface area contributed by atoms with E-state index in [1.54, 1.807) is 42.5 Å². The summed E-state index contributed by atoms with van der Waals surface area (Å²) in [5, 5.41) is 24.3. The molecule has 2 atom stereocenters. The minimum atomic E-state index is -1.04. The van der Waals surface area contributed by atoms with Crippen molar-refractivity contribution in [2.45, 2.75) is 24.6 Å². The van der Waals surface area contributed by atoms with Crippen LogP contribution in [-0.2, 0) is 32.3 Å². The van der Waals surface area contributed by atoms with Gasteiger partial charge in [-0.3, -0.25) is 29.9 Å². The Balaban J connectivity index is 1.30. The summed E-state index contributed by atoms with van der Waals surface area (Å²) in [6.45, 7) is -0.777. The van der Waals surface area contributed by atoms with Crippen molar-refractivity contribution in [3.63, 3.8) is 0 Å². The van der Waals surface area contributed by atoms with Crippen molar-refractivity contribution in [2.75, 3.05) is 0 Å². The molecule has 14 heteroatoms. The molecule has 0 aromatic heterocycles. The van der Waals surface area contributed by atoms with E-state index in [2.05, 4.69) is 5.32 Å². The molecule has 0 aliphatic carbocycles. The summed E-state index contributed by atoms with van der Waals surface area (Å²) in [6.07, 6.45) is -0.963. The lowest BCUT2D eigenvalue weighted by Gasteiger charge is -2.42. The van der Waals surface area contributed by atoms with Gasteiger partial charge in [0, 0.05) is 17.0 Å². The molecule has 2 amide bonds. The van der Waals surface area contributed by atoms with Gasteiger partial charge in [0.25, 0.3) is 17.3 Å². The van der Waals surface area contributed by atoms with Crippen molar-refractivity contribution in [3.8, 4) is 0 Å². The number of esters is 1. The molecule has 5 rings (SSSR count). The van der Waals surface area contributed by atoms with Gasteiger partial charge < -0.3 is 14.8 Å². The molecule has 1 saturated heterocycles. The Labute approximate surface area is 236 Å². The monoisotopic (exact) mass is 576 g/mol. The number of thioether (sulfide) groups is 1. The number of nitrogens with zero attached hydrogens (tertiary/aromatic N) is 3. The van der Waals surface area contributed by atoms with Gasteiger partial charge in [0.1, 0.15) is 30.3 Å². The summed E-state index contributed by atoms with van der Waals surface area (Å²) < 4.78 is 10.5. The number of hydrogen-bond donors (Lipinski definition) is 1. The molecule has 2 aliphatic heterocycles. The second-order valence-corrected chi connectivity index (χ2v) is 9.93. The second kappa shape index (κ2) is 11.5. The summed E-state index contributed by atoms with van der Waals surface area (Å²) in [4.78, 5) is 61.9. The minimum absolute atomic E-state index is 0.0406. The van der Waals surface area contributed by atoms with Gasteiger partial charge in [-0.1, -0.05) is 66.4 Å². The van der Waals surface area contributed by atoms with Gasteiger partial charge in [-0.05, 0) is 17.7 Å². The first kappa shape index (κ1) is 27.3. The highest BCUT2D eigenvalue weighted by atomic mass is 32.2. The fourth-order valence-electron chi connectivity index (χ4n) is 4.37. The third-order valence-corrected chi connectivity index (χ3v) is 7.72. The Morgan fingerprint density at radius 1 is 0.829 bits per heavy atom. The molecular formula is C27H20N4O9S. The van der Waals surface area contributed by atoms with E-state index in [1.165, 1.54) is 53.1 Å². The summed E-state index contributed by atoms with van der Waals surface area (Å²) in [5.74, 6) is -1.45. The number of carbonyl (C=O) groups excluding carboxylic acids is 3. The zero-order valence-corrected chi connectivity index (χ0v) is 21.8. The van der Waals surface area contributed by atoms with E-state index in [4.69, 9.17) is 9.47 Å². The van der Waals surface area contributed by atoms with Crippen LogP contribution in [0.3, 0.4) is 0 Å². The van der Waals surface area contributed by atoms with Crippen LogP contribution < -0.4 is 5.32 Å². The van der Waals surface area contributed by atoms with Crippen molar-refractivity contribution in [1.82, 2.24) is 10.2 Å². The largest absolute Gasteiger partial charge is 0.456 e. The molecule has 208 valence electrons. The Morgan fingerprint density at radius 2 is 1.37 bits per heavy atom. The van der Waals surface area contributed by atoms with Crippen LogP contribution in [0.4, 0.5) is 16.2 Å². The number of nitro groups is 2. The first-order valence-corrected chi connectivity index (χ1v) is 13.0. The molecule has 2 heterocycles. The van der Waals surface area contributed by atoms with E-state index in [-0.39, 0.29) is 34.8 Å². The molecule has 1 fully saturated rings. The molecule has 0 spiro atoms. The molecule has 2 aliphatic rings. The average molecular weight is 577 g/mol. The van der Waals surface area contributed by atoms with Crippen molar-refractivity contribution in [1.29, 1.82) is 0 Å². The standard InChI is InChI=1S/C27H20N4O9S/c32-24-21(28-27(34)40-15-18-11-5-7-13-20(18)31(37)38)25-29(24)22(23(41-25)16-8-2-1-3-9-16)26(33)39-14-17-10-4-6-12-19(17)30(35)36/h1-13,21,25H,14-15H2,(H,28,34)/t21?,25-/m0/s1. The van der Waals surface area contributed by atoms with E-state index in [1.807, 2.05) is 0 Å². The molecule has 0 radical (unpaired) electrons. The van der Waals surface area contributed by atoms with Crippen LogP contribution in [0, 0.1) is 20.2 Å². The third kappa shape index (κ3) is 5.45. The fourth-order valence-corrected chi connectivity index (χ4v) is 5.81. The van der Waals surface area contributed by atoms with Crippen LogP contribution in [0.2, 0.25) is 0 Å². The number of hydrogen-bond acceptors (Lipinski definition) is 10. The highest BCUT2D eigenvalue weighted by Gasteiger charge is 2.57. The molecule has 1 unspecified atom stereocenters. The Bertz CT molecular complexity index is 1590. The molecular weight excluding hydrogens is 556 g/mol. The summed E-state index contributed by atoms with van der Waals surface area (Å²) in [7, 11) is 0. The van der Waals surface area contributed by atoms with E-state index in [0.29, 0.717) is 10.5 Å². The number of amides is 2. The summed E-state index contributed by atoms with van der Waals surface area (Å²) in [5.41, 5.74) is 0.543. The lowest BCUT2D eigenvalue weighted by molar-refractivity contribution is -0.386. The Kier molecular flexibility index (Phi) is 7.65. The number of benzene rings is 3. The first-order chi connectivity index (χ1) is 19.8.